The first-order chi connectivity index (χ1) is 8.84. The minimum atomic E-state index is -0.0157. The zero-order valence-electron chi connectivity index (χ0n) is 10.7. The number of amides is 1. The smallest absolute Gasteiger partial charge is 0.240 e. The highest BCUT2D eigenvalue weighted by Crippen LogP contribution is 2.18. The van der Waals surface area contributed by atoms with Crippen LogP contribution in [0.3, 0.4) is 0 Å². The molecule has 0 radical (unpaired) electrons. The van der Waals surface area contributed by atoms with Crippen LogP contribution in [0.1, 0.15) is 30.4 Å². The quantitative estimate of drug-likeness (QED) is 0.815. The summed E-state index contributed by atoms with van der Waals surface area (Å²) in [6.07, 6.45) is 4.43. The zero-order chi connectivity index (χ0) is 12.4. The molecular formula is C15H20N2O. The zero-order valence-corrected chi connectivity index (χ0v) is 10.7. The second-order valence-electron chi connectivity index (χ2n) is 5.29. The van der Waals surface area contributed by atoms with Crippen molar-refractivity contribution in [3.05, 3.63) is 35.4 Å². The summed E-state index contributed by atoms with van der Waals surface area (Å²) in [5.41, 5.74) is 2.66. The van der Waals surface area contributed by atoms with E-state index in [1.807, 2.05) is 4.90 Å². The van der Waals surface area contributed by atoms with E-state index < -0.39 is 0 Å². The van der Waals surface area contributed by atoms with E-state index in [2.05, 4.69) is 29.6 Å². The monoisotopic (exact) mass is 244 g/mol. The van der Waals surface area contributed by atoms with E-state index in [1.165, 1.54) is 17.5 Å². The SMILES string of the molecule is O=C([C@H]1Cc2ccccc2CN1)N1CCCCC1. The number of rotatable bonds is 1. The minimum absolute atomic E-state index is 0.0157. The molecule has 1 aromatic carbocycles. The van der Waals surface area contributed by atoms with Gasteiger partial charge in [-0.2, -0.15) is 0 Å². The first kappa shape index (κ1) is 11.7. The minimum Gasteiger partial charge on any atom is -0.341 e. The fraction of sp³-hybridized carbons (Fsp3) is 0.533. The topological polar surface area (TPSA) is 32.3 Å². The number of carbonyl (C=O) groups is 1. The predicted molar refractivity (Wildman–Crippen MR) is 71.2 cm³/mol. The Morgan fingerprint density at radius 2 is 1.83 bits per heavy atom. The van der Waals surface area contributed by atoms with Crippen LogP contribution in [0.25, 0.3) is 0 Å². The van der Waals surface area contributed by atoms with Crippen molar-refractivity contribution in [1.29, 1.82) is 0 Å². The van der Waals surface area contributed by atoms with Crippen molar-refractivity contribution in [2.24, 2.45) is 0 Å². The average molecular weight is 244 g/mol. The van der Waals surface area contributed by atoms with Gasteiger partial charge in [0.25, 0.3) is 0 Å². The van der Waals surface area contributed by atoms with Crippen LogP contribution in [0.15, 0.2) is 24.3 Å². The Morgan fingerprint density at radius 1 is 1.11 bits per heavy atom. The summed E-state index contributed by atoms with van der Waals surface area (Å²) in [6.45, 7) is 2.71. The van der Waals surface area contributed by atoms with Gasteiger partial charge in [-0.3, -0.25) is 4.79 Å². The van der Waals surface area contributed by atoms with Gasteiger partial charge in [-0.05, 0) is 36.8 Å². The summed E-state index contributed by atoms with van der Waals surface area (Å²) < 4.78 is 0. The number of benzene rings is 1. The molecule has 1 amide bonds. The lowest BCUT2D eigenvalue weighted by Gasteiger charge is -2.33. The molecule has 3 nitrogen and oxygen atoms in total. The van der Waals surface area contributed by atoms with Gasteiger partial charge in [0.05, 0.1) is 6.04 Å². The lowest BCUT2D eigenvalue weighted by Crippen LogP contribution is -2.50. The highest BCUT2D eigenvalue weighted by molar-refractivity contribution is 5.82. The van der Waals surface area contributed by atoms with Crippen LogP contribution >= 0.6 is 0 Å². The van der Waals surface area contributed by atoms with E-state index >= 15 is 0 Å². The highest BCUT2D eigenvalue weighted by atomic mass is 16.2. The van der Waals surface area contributed by atoms with Gasteiger partial charge in [0.2, 0.25) is 5.91 Å². The Morgan fingerprint density at radius 3 is 2.61 bits per heavy atom. The molecule has 3 rings (SSSR count). The van der Waals surface area contributed by atoms with E-state index in [9.17, 15) is 4.79 Å². The molecule has 0 saturated carbocycles. The molecule has 1 atom stereocenters. The van der Waals surface area contributed by atoms with Crippen LogP contribution in [0.5, 0.6) is 0 Å². The van der Waals surface area contributed by atoms with Gasteiger partial charge in [0.1, 0.15) is 0 Å². The summed E-state index contributed by atoms with van der Waals surface area (Å²) in [4.78, 5) is 14.5. The number of carbonyl (C=O) groups excluding carboxylic acids is 1. The van der Waals surface area contributed by atoms with Gasteiger partial charge in [-0.1, -0.05) is 24.3 Å². The number of piperidine rings is 1. The van der Waals surface area contributed by atoms with Gasteiger partial charge < -0.3 is 10.2 Å². The van der Waals surface area contributed by atoms with Crippen molar-refractivity contribution in [3.63, 3.8) is 0 Å². The summed E-state index contributed by atoms with van der Waals surface area (Å²) in [6, 6.07) is 8.40. The van der Waals surface area contributed by atoms with E-state index in [0.29, 0.717) is 5.91 Å². The molecule has 0 bridgehead atoms. The van der Waals surface area contributed by atoms with Crippen molar-refractivity contribution in [3.8, 4) is 0 Å². The van der Waals surface area contributed by atoms with E-state index in [1.54, 1.807) is 0 Å². The third kappa shape index (κ3) is 2.27. The predicted octanol–water partition coefficient (Wildman–Crippen LogP) is 1.71. The van der Waals surface area contributed by atoms with Gasteiger partial charge >= 0.3 is 0 Å². The largest absolute Gasteiger partial charge is 0.341 e. The van der Waals surface area contributed by atoms with Crippen molar-refractivity contribution in [1.82, 2.24) is 10.2 Å². The molecule has 1 fully saturated rings. The molecular weight excluding hydrogens is 224 g/mol. The second-order valence-corrected chi connectivity index (χ2v) is 5.29. The molecule has 3 heteroatoms. The average Bonchev–Trinajstić information content (AvgIpc) is 2.47. The normalized spacial score (nSPS) is 23.6. The number of hydrogen-bond acceptors (Lipinski definition) is 2. The maximum atomic E-state index is 12.4. The Labute approximate surface area is 108 Å². The molecule has 0 aromatic heterocycles. The van der Waals surface area contributed by atoms with E-state index in [4.69, 9.17) is 0 Å². The van der Waals surface area contributed by atoms with Crippen LogP contribution < -0.4 is 5.32 Å². The third-order valence-electron chi connectivity index (χ3n) is 4.05. The third-order valence-corrected chi connectivity index (χ3v) is 4.05. The molecule has 0 unspecified atom stereocenters. The van der Waals surface area contributed by atoms with Gasteiger partial charge in [-0.15, -0.1) is 0 Å². The summed E-state index contributed by atoms with van der Waals surface area (Å²) in [7, 11) is 0. The summed E-state index contributed by atoms with van der Waals surface area (Å²) in [5, 5.41) is 3.38. The van der Waals surface area contributed by atoms with Crippen LogP contribution in [0.2, 0.25) is 0 Å². The lowest BCUT2D eigenvalue weighted by atomic mass is 9.95. The van der Waals surface area contributed by atoms with Crippen LogP contribution in [0, 0.1) is 0 Å². The van der Waals surface area contributed by atoms with Gasteiger partial charge in [0.15, 0.2) is 0 Å². The fourth-order valence-corrected chi connectivity index (χ4v) is 2.96. The summed E-state index contributed by atoms with van der Waals surface area (Å²) in [5.74, 6) is 0.296. The number of nitrogens with zero attached hydrogens (tertiary/aromatic N) is 1. The Balaban J connectivity index is 1.69. The highest BCUT2D eigenvalue weighted by Gasteiger charge is 2.28. The van der Waals surface area contributed by atoms with E-state index in [0.717, 1.165) is 38.9 Å². The van der Waals surface area contributed by atoms with Gasteiger partial charge in [-0.25, -0.2) is 0 Å². The maximum Gasteiger partial charge on any atom is 0.240 e. The molecule has 1 saturated heterocycles. The number of fused-ring (bicyclic) bond motifs is 1. The Kier molecular flexibility index (Phi) is 3.33. The second kappa shape index (κ2) is 5.11. The Bertz CT molecular complexity index is 438. The first-order valence-electron chi connectivity index (χ1n) is 6.93. The number of nitrogens with one attached hydrogen (secondary N) is 1. The Hall–Kier alpha value is -1.35. The van der Waals surface area contributed by atoms with Crippen LogP contribution in [-0.4, -0.2) is 29.9 Å². The molecule has 18 heavy (non-hydrogen) atoms. The summed E-state index contributed by atoms with van der Waals surface area (Å²) >= 11 is 0. The lowest BCUT2D eigenvalue weighted by molar-refractivity contribution is -0.134. The van der Waals surface area contributed by atoms with Gasteiger partial charge in [0, 0.05) is 19.6 Å². The molecule has 0 spiro atoms. The van der Waals surface area contributed by atoms with Crippen molar-refractivity contribution >= 4 is 5.91 Å². The molecule has 96 valence electrons. The standard InChI is InChI=1S/C15H20N2O/c18-15(17-8-4-1-5-9-17)14-10-12-6-2-3-7-13(12)11-16-14/h2-3,6-7,14,16H,1,4-5,8-11H2/t14-/m1/s1. The molecule has 1 aromatic rings. The molecule has 1 N–H and O–H groups in total. The van der Waals surface area contributed by atoms with Crippen molar-refractivity contribution in [2.45, 2.75) is 38.3 Å². The van der Waals surface area contributed by atoms with Crippen molar-refractivity contribution < 1.29 is 4.79 Å². The fourth-order valence-electron chi connectivity index (χ4n) is 2.96. The molecule has 2 heterocycles. The molecule has 2 aliphatic rings. The van der Waals surface area contributed by atoms with Crippen molar-refractivity contribution in [2.75, 3.05) is 13.1 Å². The number of likely N-dealkylation sites (tertiary alicyclic amines) is 1. The molecule has 2 aliphatic heterocycles. The number of hydrogen-bond donors (Lipinski definition) is 1. The first-order valence-corrected chi connectivity index (χ1v) is 6.93. The van der Waals surface area contributed by atoms with Crippen LogP contribution in [0.4, 0.5) is 0 Å². The van der Waals surface area contributed by atoms with Crippen LogP contribution in [-0.2, 0) is 17.8 Å². The van der Waals surface area contributed by atoms with E-state index in [-0.39, 0.29) is 6.04 Å². The molecule has 0 aliphatic carbocycles. The maximum absolute atomic E-state index is 12.4.